The Balaban J connectivity index is 1.31. The lowest BCUT2D eigenvalue weighted by Crippen LogP contribution is -2.17. The number of rotatable bonds is 5. The third-order valence-electron chi connectivity index (χ3n) is 5.80. The van der Waals surface area contributed by atoms with Crippen LogP contribution in [-0.2, 0) is 4.74 Å². The first-order valence-corrected chi connectivity index (χ1v) is 10.3. The molecule has 2 unspecified atom stereocenters. The van der Waals surface area contributed by atoms with E-state index >= 15 is 0 Å². The smallest absolute Gasteiger partial charge is 0.167 e. The maximum absolute atomic E-state index is 13.8. The van der Waals surface area contributed by atoms with Crippen molar-refractivity contribution in [3.63, 3.8) is 0 Å². The van der Waals surface area contributed by atoms with Crippen LogP contribution < -0.4 is 5.32 Å². The van der Waals surface area contributed by atoms with Crippen LogP contribution >= 0.6 is 0 Å². The van der Waals surface area contributed by atoms with Gasteiger partial charge in [0.1, 0.15) is 24.5 Å². The number of anilines is 1. The van der Waals surface area contributed by atoms with Crippen LogP contribution in [0.5, 0.6) is 0 Å². The Morgan fingerprint density at radius 1 is 1.10 bits per heavy atom. The highest BCUT2D eigenvalue weighted by Gasteiger charge is 2.28. The molecule has 3 heterocycles. The highest BCUT2D eigenvalue weighted by molar-refractivity contribution is 5.82. The van der Waals surface area contributed by atoms with Crippen molar-refractivity contribution in [2.75, 3.05) is 5.32 Å². The number of nitrogens with zero attached hydrogens (tertiary/aromatic N) is 4. The summed E-state index contributed by atoms with van der Waals surface area (Å²) in [6.07, 6.45) is 9.30. The van der Waals surface area contributed by atoms with Crippen LogP contribution in [0, 0.1) is 5.82 Å². The van der Waals surface area contributed by atoms with Gasteiger partial charge in [-0.25, -0.2) is 23.7 Å². The number of nitrogens with one attached hydrogen (secondary N) is 1. The van der Waals surface area contributed by atoms with Crippen molar-refractivity contribution in [2.24, 2.45) is 0 Å². The van der Waals surface area contributed by atoms with E-state index in [0.29, 0.717) is 35.4 Å². The second-order valence-electron chi connectivity index (χ2n) is 7.89. The zero-order valence-corrected chi connectivity index (χ0v) is 16.4. The maximum atomic E-state index is 13.8. The number of aromatic nitrogens is 4. The number of alkyl halides is 1. The van der Waals surface area contributed by atoms with Crippen LogP contribution in [0.15, 0.2) is 43.0 Å². The molecule has 5 rings (SSSR count). The lowest BCUT2D eigenvalue weighted by Gasteiger charge is -2.15. The molecule has 3 aromatic rings. The molecule has 2 aliphatic rings. The summed E-state index contributed by atoms with van der Waals surface area (Å²) in [5.41, 5.74) is 1.89. The van der Waals surface area contributed by atoms with E-state index in [2.05, 4.69) is 20.3 Å². The topological polar surface area (TPSA) is 64.9 Å². The van der Waals surface area contributed by atoms with E-state index in [1.807, 2.05) is 16.7 Å². The van der Waals surface area contributed by atoms with E-state index in [1.54, 1.807) is 24.5 Å². The van der Waals surface area contributed by atoms with Gasteiger partial charge >= 0.3 is 0 Å². The lowest BCUT2D eigenvalue weighted by molar-refractivity contribution is 0.0262. The SMILES string of the molecule is Fc1ccccc1C=C[C@H]1CC[C@H](n2cnc3c(NC4CCC(F)C4)ncnc32)O1. The summed E-state index contributed by atoms with van der Waals surface area (Å²) >= 11 is 0. The third-order valence-corrected chi connectivity index (χ3v) is 5.80. The molecule has 0 radical (unpaired) electrons. The van der Waals surface area contributed by atoms with Crippen molar-refractivity contribution >= 4 is 23.1 Å². The number of imidazole rings is 1. The van der Waals surface area contributed by atoms with Gasteiger partial charge in [0.2, 0.25) is 0 Å². The Kier molecular flexibility index (Phi) is 5.16. The number of hydrogen-bond donors (Lipinski definition) is 1. The fourth-order valence-corrected chi connectivity index (χ4v) is 4.23. The fraction of sp³-hybridized carbons (Fsp3) is 0.409. The van der Waals surface area contributed by atoms with E-state index < -0.39 is 6.17 Å². The Labute approximate surface area is 173 Å². The second kappa shape index (κ2) is 8.10. The molecule has 4 atom stereocenters. The summed E-state index contributed by atoms with van der Waals surface area (Å²) in [6.45, 7) is 0. The summed E-state index contributed by atoms with van der Waals surface area (Å²) in [5.74, 6) is 0.383. The molecule has 156 valence electrons. The van der Waals surface area contributed by atoms with Crippen LogP contribution in [0.3, 0.4) is 0 Å². The van der Waals surface area contributed by atoms with Crippen LogP contribution in [0.25, 0.3) is 17.2 Å². The summed E-state index contributed by atoms with van der Waals surface area (Å²) < 4.78 is 35.3. The van der Waals surface area contributed by atoms with Gasteiger partial charge in [-0.15, -0.1) is 0 Å². The minimum absolute atomic E-state index is 0.0684. The van der Waals surface area contributed by atoms with Gasteiger partial charge in [0.25, 0.3) is 0 Å². The predicted molar refractivity (Wildman–Crippen MR) is 110 cm³/mol. The molecule has 30 heavy (non-hydrogen) atoms. The van der Waals surface area contributed by atoms with Crippen molar-refractivity contribution in [2.45, 2.75) is 56.6 Å². The van der Waals surface area contributed by atoms with Crippen LogP contribution in [-0.4, -0.2) is 37.8 Å². The molecule has 0 amide bonds. The number of hydrogen-bond acceptors (Lipinski definition) is 5. The molecule has 1 saturated carbocycles. The molecule has 1 aromatic carbocycles. The van der Waals surface area contributed by atoms with Crippen LogP contribution in [0.2, 0.25) is 0 Å². The van der Waals surface area contributed by atoms with Gasteiger partial charge in [-0.3, -0.25) is 4.57 Å². The average molecular weight is 411 g/mol. The van der Waals surface area contributed by atoms with Crippen molar-refractivity contribution in [1.29, 1.82) is 0 Å². The largest absolute Gasteiger partial charge is 0.365 e. The lowest BCUT2D eigenvalue weighted by atomic mass is 10.1. The van der Waals surface area contributed by atoms with Crippen LogP contribution in [0.1, 0.15) is 43.9 Å². The first-order valence-electron chi connectivity index (χ1n) is 10.3. The minimum Gasteiger partial charge on any atom is -0.365 e. The Morgan fingerprint density at radius 3 is 2.83 bits per heavy atom. The second-order valence-corrected chi connectivity index (χ2v) is 7.89. The Bertz CT molecular complexity index is 1070. The first kappa shape index (κ1) is 19.1. The molecule has 0 spiro atoms. The summed E-state index contributed by atoms with van der Waals surface area (Å²) in [4.78, 5) is 13.2. The molecule has 0 bridgehead atoms. The van der Waals surface area contributed by atoms with Crippen molar-refractivity contribution < 1.29 is 13.5 Å². The van der Waals surface area contributed by atoms with Crippen molar-refractivity contribution in [3.8, 4) is 0 Å². The fourth-order valence-electron chi connectivity index (χ4n) is 4.23. The molecule has 8 heteroatoms. The van der Waals surface area contributed by atoms with Gasteiger partial charge in [0.05, 0.1) is 12.4 Å². The quantitative estimate of drug-likeness (QED) is 0.662. The molecule has 1 N–H and O–H groups in total. The van der Waals surface area contributed by atoms with Crippen LogP contribution in [0.4, 0.5) is 14.6 Å². The molecule has 1 saturated heterocycles. The summed E-state index contributed by atoms with van der Waals surface area (Å²) in [5, 5.41) is 3.32. The normalized spacial score (nSPS) is 26.7. The molecule has 2 fully saturated rings. The minimum atomic E-state index is -0.751. The van der Waals surface area contributed by atoms with Gasteiger partial charge < -0.3 is 10.1 Å². The van der Waals surface area contributed by atoms with Gasteiger partial charge in [0, 0.05) is 11.6 Å². The van der Waals surface area contributed by atoms with E-state index in [0.717, 1.165) is 19.3 Å². The zero-order chi connectivity index (χ0) is 20.5. The summed E-state index contributed by atoms with van der Waals surface area (Å²) in [6, 6.07) is 6.73. The van der Waals surface area contributed by atoms with Crippen molar-refractivity contribution in [1.82, 2.24) is 19.5 Å². The molecular weight excluding hydrogens is 388 g/mol. The van der Waals surface area contributed by atoms with E-state index in [9.17, 15) is 8.78 Å². The van der Waals surface area contributed by atoms with Gasteiger partial charge in [-0.05, 0) is 38.2 Å². The Morgan fingerprint density at radius 2 is 2.00 bits per heavy atom. The number of fused-ring (bicyclic) bond motifs is 1. The zero-order valence-electron chi connectivity index (χ0n) is 16.4. The first-order chi connectivity index (χ1) is 14.7. The maximum Gasteiger partial charge on any atom is 0.167 e. The third kappa shape index (κ3) is 3.79. The molecule has 1 aliphatic carbocycles. The van der Waals surface area contributed by atoms with E-state index in [4.69, 9.17) is 4.74 Å². The number of halogens is 2. The van der Waals surface area contributed by atoms with Gasteiger partial charge in [0.15, 0.2) is 17.0 Å². The molecular formula is C22H23F2N5O. The molecule has 1 aliphatic heterocycles. The summed E-state index contributed by atoms with van der Waals surface area (Å²) in [7, 11) is 0. The predicted octanol–water partition coefficient (Wildman–Crippen LogP) is 4.66. The highest BCUT2D eigenvalue weighted by Crippen LogP contribution is 2.33. The Hall–Kier alpha value is -2.87. The molecule has 2 aromatic heterocycles. The monoisotopic (exact) mass is 411 g/mol. The highest BCUT2D eigenvalue weighted by atomic mass is 19.1. The average Bonchev–Trinajstić information content (AvgIpc) is 3.47. The van der Waals surface area contributed by atoms with E-state index in [-0.39, 0.29) is 24.2 Å². The molecule has 6 nitrogen and oxygen atoms in total. The van der Waals surface area contributed by atoms with E-state index in [1.165, 1.54) is 12.4 Å². The number of benzene rings is 1. The van der Waals surface area contributed by atoms with Gasteiger partial charge in [-0.2, -0.15) is 0 Å². The van der Waals surface area contributed by atoms with Gasteiger partial charge in [-0.1, -0.05) is 30.4 Å². The van der Waals surface area contributed by atoms with Crippen molar-refractivity contribution in [3.05, 3.63) is 54.4 Å². The number of ether oxygens (including phenoxy) is 1. The standard InChI is InChI=1S/C22H23F2N5O/c23-15-6-7-16(11-15)28-21-20-22(26-12-25-21)29(13-27-20)19-10-9-17(30-19)8-5-14-3-1-2-4-18(14)24/h1-5,8,12-13,15-17,19H,6-7,9-11H2,(H,25,26,28)/t15?,16?,17-,19+/m0/s1.